The average molecular weight is 442 g/mol. The molecule has 0 bridgehead atoms. The molecule has 0 aromatic rings. The van der Waals surface area contributed by atoms with Crippen molar-refractivity contribution in [3.8, 4) is 0 Å². The van der Waals surface area contributed by atoms with Crippen molar-refractivity contribution >= 4 is 0 Å². The van der Waals surface area contributed by atoms with Gasteiger partial charge in [-0.25, -0.2) is 0 Å². The van der Waals surface area contributed by atoms with Gasteiger partial charge in [-0.1, -0.05) is 148 Å². The molecule has 0 aliphatic rings. The summed E-state index contributed by atoms with van der Waals surface area (Å²) in [5, 5.41) is 20.8. The van der Waals surface area contributed by atoms with E-state index in [-0.39, 0.29) is 0 Å². The van der Waals surface area contributed by atoms with E-state index in [1.54, 1.807) is 0 Å². The molecule has 0 radical (unpaired) electrons. The van der Waals surface area contributed by atoms with Crippen LogP contribution in [0.15, 0.2) is 0 Å². The first kappa shape index (κ1) is 30.9. The Balaban J connectivity index is 2.99. The van der Waals surface area contributed by atoms with Gasteiger partial charge in [-0.2, -0.15) is 0 Å². The summed E-state index contributed by atoms with van der Waals surface area (Å²) in [7, 11) is 0. The Labute approximate surface area is 196 Å². The van der Waals surface area contributed by atoms with Crippen LogP contribution in [0.3, 0.4) is 0 Å². The Morgan fingerprint density at radius 3 is 1.00 bits per heavy atom. The predicted molar refractivity (Wildman–Crippen MR) is 138 cm³/mol. The van der Waals surface area contributed by atoms with Crippen molar-refractivity contribution in [2.45, 2.75) is 167 Å². The first-order chi connectivity index (χ1) is 15.3. The van der Waals surface area contributed by atoms with E-state index in [1.807, 2.05) is 0 Å². The van der Waals surface area contributed by atoms with Gasteiger partial charge in [-0.05, 0) is 19.5 Å². The minimum atomic E-state index is -1.16. The second-order valence-electron chi connectivity index (χ2n) is 9.80. The van der Waals surface area contributed by atoms with Crippen LogP contribution in [0, 0.1) is 0 Å². The van der Waals surface area contributed by atoms with Crippen LogP contribution in [0.5, 0.6) is 0 Å². The highest BCUT2D eigenvalue weighted by Gasteiger charge is 1.97. The zero-order valence-corrected chi connectivity index (χ0v) is 21.4. The molecule has 3 N–H and O–H groups in total. The van der Waals surface area contributed by atoms with Gasteiger partial charge in [0.1, 0.15) is 0 Å². The standard InChI is InChI=1S/C28H59NO2/c1-2-3-4-5-6-7-8-9-10-11-12-13-14-15-16-17-18-19-20-21-22-23-24-26-29-27-25-28(30)31/h28-31H,2-27H2,1H3. The van der Waals surface area contributed by atoms with Crippen LogP contribution in [0.2, 0.25) is 0 Å². The van der Waals surface area contributed by atoms with E-state index in [4.69, 9.17) is 10.2 Å². The van der Waals surface area contributed by atoms with E-state index < -0.39 is 6.29 Å². The summed E-state index contributed by atoms with van der Waals surface area (Å²) in [5.41, 5.74) is 0. The summed E-state index contributed by atoms with van der Waals surface area (Å²) in [6, 6.07) is 0. The second kappa shape index (κ2) is 27.9. The summed E-state index contributed by atoms with van der Waals surface area (Å²) in [6.45, 7) is 4.01. The zero-order chi connectivity index (χ0) is 22.7. The molecule has 0 heterocycles. The highest BCUT2D eigenvalue weighted by atomic mass is 16.5. The fourth-order valence-corrected chi connectivity index (χ4v) is 4.39. The van der Waals surface area contributed by atoms with Gasteiger partial charge >= 0.3 is 0 Å². The summed E-state index contributed by atoms with van der Waals surface area (Å²) in [6.07, 6.45) is 32.1. The molecule has 0 saturated heterocycles. The fourth-order valence-electron chi connectivity index (χ4n) is 4.39. The van der Waals surface area contributed by atoms with E-state index in [0.29, 0.717) is 13.0 Å². The van der Waals surface area contributed by atoms with Gasteiger partial charge in [0, 0.05) is 6.42 Å². The molecule has 3 nitrogen and oxygen atoms in total. The van der Waals surface area contributed by atoms with Crippen molar-refractivity contribution in [3.05, 3.63) is 0 Å². The topological polar surface area (TPSA) is 52.5 Å². The number of hydrogen-bond donors (Lipinski definition) is 3. The molecule has 0 spiro atoms. The van der Waals surface area contributed by atoms with Crippen molar-refractivity contribution in [1.82, 2.24) is 5.32 Å². The first-order valence-electron chi connectivity index (χ1n) is 14.3. The maximum absolute atomic E-state index is 8.76. The van der Waals surface area contributed by atoms with Gasteiger partial charge in [-0.3, -0.25) is 0 Å². The van der Waals surface area contributed by atoms with Crippen LogP contribution in [-0.2, 0) is 0 Å². The number of hydrogen-bond acceptors (Lipinski definition) is 3. The second-order valence-corrected chi connectivity index (χ2v) is 9.80. The van der Waals surface area contributed by atoms with Gasteiger partial charge in [-0.15, -0.1) is 0 Å². The van der Waals surface area contributed by atoms with Crippen molar-refractivity contribution < 1.29 is 10.2 Å². The number of rotatable bonds is 27. The average Bonchev–Trinajstić information content (AvgIpc) is 2.76. The maximum atomic E-state index is 8.76. The van der Waals surface area contributed by atoms with Crippen LogP contribution < -0.4 is 5.32 Å². The van der Waals surface area contributed by atoms with Crippen molar-refractivity contribution in [2.24, 2.45) is 0 Å². The summed E-state index contributed by atoms with van der Waals surface area (Å²) >= 11 is 0. The Hall–Kier alpha value is -0.120. The summed E-state index contributed by atoms with van der Waals surface area (Å²) in [4.78, 5) is 0. The van der Waals surface area contributed by atoms with Crippen LogP contribution in [0.25, 0.3) is 0 Å². The quantitative estimate of drug-likeness (QED) is 0.0887. The molecule has 0 atom stereocenters. The minimum absolute atomic E-state index is 0.430. The lowest BCUT2D eigenvalue weighted by atomic mass is 10.0. The highest BCUT2D eigenvalue weighted by Crippen LogP contribution is 2.15. The lowest BCUT2D eigenvalue weighted by Crippen LogP contribution is -2.21. The van der Waals surface area contributed by atoms with Crippen LogP contribution in [0.1, 0.15) is 161 Å². The molecule has 0 aromatic heterocycles. The number of aliphatic hydroxyl groups is 2. The van der Waals surface area contributed by atoms with Crippen LogP contribution in [0.4, 0.5) is 0 Å². The normalized spacial score (nSPS) is 11.6. The SMILES string of the molecule is CCCCCCCCCCCCCCCCCCCCCCCCCNCCC(O)O. The van der Waals surface area contributed by atoms with Crippen molar-refractivity contribution in [1.29, 1.82) is 0 Å². The number of unbranched alkanes of at least 4 members (excludes halogenated alkanes) is 22. The van der Waals surface area contributed by atoms with Crippen molar-refractivity contribution in [3.63, 3.8) is 0 Å². The predicted octanol–water partition coefficient (Wildman–Crippen LogP) is 8.27. The van der Waals surface area contributed by atoms with E-state index in [1.165, 1.54) is 148 Å². The molecule has 3 heteroatoms. The molecular formula is C28H59NO2. The molecular weight excluding hydrogens is 382 g/mol. The maximum Gasteiger partial charge on any atom is 0.152 e. The Bertz CT molecular complexity index is 309. The van der Waals surface area contributed by atoms with Crippen molar-refractivity contribution in [2.75, 3.05) is 13.1 Å². The first-order valence-corrected chi connectivity index (χ1v) is 14.3. The van der Waals surface area contributed by atoms with Gasteiger partial charge in [0.05, 0.1) is 0 Å². The third kappa shape index (κ3) is 29.9. The smallest absolute Gasteiger partial charge is 0.152 e. The molecule has 0 fully saturated rings. The number of nitrogens with one attached hydrogen (secondary N) is 1. The summed E-state index contributed by atoms with van der Waals surface area (Å²) < 4.78 is 0. The highest BCUT2D eigenvalue weighted by molar-refractivity contribution is 4.53. The lowest BCUT2D eigenvalue weighted by molar-refractivity contribution is -0.0443. The monoisotopic (exact) mass is 441 g/mol. The van der Waals surface area contributed by atoms with Crippen LogP contribution in [-0.4, -0.2) is 29.6 Å². The fraction of sp³-hybridized carbons (Fsp3) is 1.00. The van der Waals surface area contributed by atoms with E-state index in [0.717, 1.165) is 6.54 Å². The molecule has 0 saturated carbocycles. The Morgan fingerprint density at radius 2 is 0.710 bits per heavy atom. The van der Waals surface area contributed by atoms with Gasteiger partial charge in [0.25, 0.3) is 0 Å². The molecule has 0 aliphatic heterocycles. The zero-order valence-electron chi connectivity index (χ0n) is 21.4. The third-order valence-corrected chi connectivity index (χ3v) is 6.54. The third-order valence-electron chi connectivity index (χ3n) is 6.54. The largest absolute Gasteiger partial charge is 0.368 e. The van der Waals surface area contributed by atoms with E-state index in [9.17, 15) is 0 Å². The summed E-state index contributed by atoms with van der Waals surface area (Å²) in [5.74, 6) is 0. The molecule has 31 heavy (non-hydrogen) atoms. The van der Waals surface area contributed by atoms with Gasteiger partial charge < -0.3 is 15.5 Å². The van der Waals surface area contributed by atoms with E-state index in [2.05, 4.69) is 12.2 Å². The molecule has 0 amide bonds. The van der Waals surface area contributed by atoms with E-state index >= 15 is 0 Å². The molecule has 0 aliphatic carbocycles. The lowest BCUT2D eigenvalue weighted by Gasteiger charge is -2.06. The number of aliphatic hydroxyl groups excluding tert-OH is 1. The van der Waals surface area contributed by atoms with Gasteiger partial charge in [0.15, 0.2) is 6.29 Å². The molecule has 0 aromatic carbocycles. The van der Waals surface area contributed by atoms with Gasteiger partial charge in [0.2, 0.25) is 0 Å². The minimum Gasteiger partial charge on any atom is -0.368 e. The molecule has 188 valence electrons. The molecule has 0 rings (SSSR count). The van der Waals surface area contributed by atoms with Crippen LogP contribution >= 0.6 is 0 Å². The molecule has 0 unspecified atom stereocenters. The Morgan fingerprint density at radius 1 is 0.419 bits per heavy atom. The Kier molecular flexibility index (Phi) is 27.8.